The van der Waals surface area contributed by atoms with Gasteiger partial charge >= 0.3 is 12.1 Å². The molecule has 7 nitrogen and oxygen atoms in total. The van der Waals surface area contributed by atoms with Crippen molar-refractivity contribution in [1.82, 2.24) is 5.32 Å². The fourth-order valence-corrected chi connectivity index (χ4v) is 5.28. The molecule has 0 bridgehead atoms. The molecule has 0 spiro atoms. The van der Waals surface area contributed by atoms with Gasteiger partial charge in [-0.25, -0.2) is 9.59 Å². The van der Waals surface area contributed by atoms with E-state index in [0.717, 1.165) is 14.7 Å². The lowest BCUT2D eigenvalue weighted by Gasteiger charge is -2.34. The highest BCUT2D eigenvalue weighted by Crippen LogP contribution is 2.44. The minimum absolute atomic E-state index is 0.00886. The Kier molecular flexibility index (Phi) is 6.46. The van der Waals surface area contributed by atoms with Gasteiger partial charge in [-0.2, -0.15) is 0 Å². The standard InChI is InChI=1S/C27H23IN2O5/c28-16-9-10-24(22(13-16)26(32)33)30-25(31)15-11-17(12-15)29-27(34)35-14-23-20-7-3-1-5-18(20)19-6-2-4-8-21(19)23/h1-10,13,15,17,23H,11-12,14H2,(H,29,34)(H,30,31)(H,32,33). The molecule has 2 amide bonds. The number of fused-ring (bicyclic) bond motifs is 3. The van der Waals surface area contributed by atoms with Crippen molar-refractivity contribution in [3.63, 3.8) is 0 Å². The zero-order valence-electron chi connectivity index (χ0n) is 18.7. The van der Waals surface area contributed by atoms with Crippen molar-refractivity contribution in [2.75, 3.05) is 11.9 Å². The molecule has 8 heteroatoms. The zero-order valence-corrected chi connectivity index (χ0v) is 20.8. The maximum Gasteiger partial charge on any atom is 0.407 e. The van der Waals surface area contributed by atoms with Crippen LogP contribution in [0.15, 0.2) is 66.7 Å². The van der Waals surface area contributed by atoms with Gasteiger partial charge < -0.3 is 20.5 Å². The number of halogens is 1. The van der Waals surface area contributed by atoms with Crippen LogP contribution in [0.5, 0.6) is 0 Å². The van der Waals surface area contributed by atoms with Crippen LogP contribution < -0.4 is 10.6 Å². The van der Waals surface area contributed by atoms with Crippen LogP contribution in [0.1, 0.15) is 40.2 Å². The Hall–Kier alpha value is -3.40. The maximum atomic E-state index is 12.6. The molecular weight excluding hydrogens is 559 g/mol. The van der Waals surface area contributed by atoms with Gasteiger partial charge in [0, 0.05) is 21.4 Å². The minimum atomic E-state index is -1.10. The van der Waals surface area contributed by atoms with Gasteiger partial charge in [0.05, 0.1) is 11.3 Å². The second-order valence-electron chi connectivity index (χ2n) is 8.82. The largest absolute Gasteiger partial charge is 0.478 e. The van der Waals surface area contributed by atoms with Gasteiger partial charge in [0.2, 0.25) is 5.91 Å². The van der Waals surface area contributed by atoms with Gasteiger partial charge in [0.1, 0.15) is 6.61 Å². The Morgan fingerprint density at radius 2 is 1.57 bits per heavy atom. The van der Waals surface area contributed by atoms with Crippen molar-refractivity contribution in [2.45, 2.75) is 24.8 Å². The topological polar surface area (TPSA) is 105 Å². The van der Waals surface area contributed by atoms with Gasteiger partial charge in [-0.15, -0.1) is 0 Å². The third-order valence-electron chi connectivity index (χ3n) is 6.64. The lowest BCUT2D eigenvalue weighted by atomic mass is 9.79. The third-order valence-corrected chi connectivity index (χ3v) is 7.32. The lowest BCUT2D eigenvalue weighted by Crippen LogP contribution is -2.48. The molecule has 2 aliphatic rings. The molecule has 1 saturated carbocycles. The van der Waals surface area contributed by atoms with E-state index in [4.69, 9.17) is 4.74 Å². The molecule has 35 heavy (non-hydrogen) atoms. The van der Waals surface area contributed by atoms with E-state index in [1.165, 1.54) is 17.2 Å². The predicted octanol–water partition coefficient (Wildman–Crippen LogP) is 5.25. The number of hydrogen-bond donors (Lipinski definition) is 3. The molecule has 0 saturated heterocycles. The average Bonchev–Trinajstić information content (AvgIpc) is 3.14. The first kappa shape index (κ1) is 23.3. The summed E-state index contributed by atoms with van der Waals surface area (Å²) in [5.74, 6) is -1.65. The summed E-state index contributed by atoms with van der Waals surface area (Å²) in [5.41, 5.74) is 4.97. The summed E-state index contributed by atoms with van der Waals surface area (Å²) in [6, 6.07) is 21.0. The molecule has 0 aromatic heterocycles. The Balaban J connectivity index is 1.13. The quantitative estimate of drug-likeness (QED) is 0.345. The van der Waals surface area contributed by atoms with E-state index in [2.05, 4.69) is 34.9 Å². The van der Waals surface area contributed by atoms with Crippen LogP contribution in [-0.2, 0) is 9.53 Å². The van der Waals surface area contributed by atoms with E-state index in [0.29, 0.717) is 12.8 Å². The minimum Gasteiger partial charge on any atom is -0.478 e. The zero-order chi connectivity index (χ0) is 24.5. The van der Waals surface area contributed by atoms with Crippen LogP contribution in [-0.4, -0.2) is 35.7 Å². The SMILES string of the molecule is O=C(NC1CC(C(=O)Nc2ccc(I)cc2C(=O)O)C1)OCC1c2ccccc2-c2ccccc21. The Labute approximate surface area is 216 Å². The highest BCUT2D eigenvalue weighted by Gasteiger charge is 2.36. The number of benzene rings is 3. The van der Waals surface area contributed by atoms with E-state index in [9.17, 15) is 19.5 Å². The third kappa shape index (κ3) is 4.75. The fourth-order valence-electron chi connectivity index (χ4n) is 4.79. The molecule has 0 radical (unpaired) electrons. The molecular formula is C27H23IN2O5. The van der Waals surface area contributed by atoms with Crippen molar-refractivity contribution in [3.8, 4) is 11.1 Å². The van der Waals surface area contributed by atoms with E-state index >= 15 is 0 Å². The molecule has 0 aliphatic heterocycles. The molecule has 0 unspecified atom stereocenters. The molecule has 3 N–H and O–H groups in total. The van der Waals surface area contributed by atoms with E-state index in [1.54, 1.807) is 12.1 Å². The van der Waals surface area contributed by atoms with Gasteiger partial charge in [-0.3, -0.25) is 4.79 Å². The van der Waals surface area contributed by atoms with Crippen molar-refractivity contribution < 1.29 is 24.2 Å². The number of anilines is 1. The second kappa shape index (κ2) is 9.69. The van der Waals surface area contributed by atoms with Gasteiger partial charge in [-0.1, -0.05) is 48.5 Å². The first-order chi connectivity index (χ1) is 16.9. The van der Waals surface area contributed by atoms with Crippen LogP contribution in [0.4, 0.5) is 10.5 Å². The van der Waals surface area contributed by atoms with E-state index < -0.39 is 12.1 Å². The van der Waals surface area contributed by atoms with Gasteiger partial charge in [0.25, 0.3) is 0 Å². The number of ether oxygens (including phenoxy) is 1. The fraction of sp³-hybridized carbons (Fsp3) is 0.222. The Morgan fingerprint density at radius 1 is 0.943 bits per heavy atom. The highest BCUT2D eigenvalue weighted by molar-refractivity contribution is 14.1. The van der Waals surface area contributed by atoms with Crippen molar-refractivity contribution in [3.05, 3.63) is 87.0 Å². The van der Waals surface area contributed by atoms with Crippen LogP contribution in [0.25, 0.3) is 11.1 Å². The maximum absolute atomic E-state index is 12.6. The van der Waals surface area contributed by atoms with Crippen LogP contribution >= 0.6 is 22.6 Å². The molecule has 3 aromatic carbocycles. The highest BCUT2D eigenvalue weighted by atomic mass is 127. The normalized spacial score (nSPS) is 18.1. The number of carboxylic acid groups (broad SMARTS) is 1. The molecule has 2 aliphatic carbocycles. The number of carboxylic acids is 1. The molecule has 178 valence electrons. The Morgan fingerprint density at radius 3 is 2.20 bits per heavy atom. The summed E-state index contributed by atoms with van der Waals surface area (Å²) in [4.78, 5) is 36.5. The second-order valence-corrected chi connectivity index (χ2v) is 10.1. The number of aromatic carboxylic acids is 1. The lowest BCUT2D eigenvalue weighted by molar-refractivity contribution is -0.122. The smallest absolute Gasteiger partial charge is 0.407 e. The molecule has 1 fully saturated rings. The summed E-state index contributed by atoms with van der Waals surface area (Å²) >= 11 is 2.03. The molecule has 5 rings (SSSR count). The summed E-state index contributed by atoms with van der Waals surface area (Å²) in [7, 11) is 0. The number of hydrogen-bond acceptors (Lipinski definition) is 4. The van der Waals surface area contributed by atoms with E-state index in [-0.39, 0.29) is 41.6 Å². The Bertz CT molecular complexity index is 1270. The summed E-state index contributed by atoms with van der Waals surface area (Å²) in [6.07, 6.45) is 0.451. The predicted molar refractivity (Wildman–Crippen MR) is 139 cm³/mol. The number of carbonyl (C=O) groups excluding carboxylic acids is 2. The molecule has 3 aromatic rings. The van der Waals surface area contributed by atoms with Gasteiger partial charge in [-0.05, 0) is 75.9 Å². The summed E-state index contributed by atoms with van der Waals surface area (Å²) < 4.78 is 6.35. The average molecular weight is 582 g/mol. The van der Waals surface area contributed by atoms with Crippen LogP contribution in [0.3, 0.4) is 0 Å². The number of amides is 2. The number of alkyl carbamates (subject to hydrolysis) is 1. The van der Waals surface area contributed by atoms with Gasteiger partial charge in [0.15, 0.2) is 0 Å². The molecule has 0 heterocycles. The monoisotopic (exact) mass is 582 g/mol. The van der Waals surface area contributed by atoms with Crippen LogP contribution in [0, 0.1) is 9.49 Å². The first-order valence-corrected chi connectivity index (χ1v) is 12.4. The van der Waals surface area contributed by atoms with Crippen LogP contribution in [0.2, 0.25) is 0 Å². The van der Waals surface area contributed by atoms with Crippen molar-refractivity contribution in [1.29, 1.82) is 0 Å². The van der Waals surface area contributed by atoms with Crippen molar-refractivity contribution >= 4 is 46.2 Å². The first-order valence-electron chi connectivity index (χ1n) is 11.4. The van der Waals surface area contributed by atoms with Crippen molar-refractivity contribution in [2.24, 2.45) is 5.92 Å². The summed E-state index contributed by atoms with van der Waals surface area (Å²) in [6.45, 7) is 0.237. The number of nitrogens with one attached hydrogen (secondary N) is 2. The molecule has 0 atom stereocenters. The number of carbonyl (C=O) groups is 3. The van der Waals surface area contributed by atoms with E-state index in [1.807, 2.05) is 46.9 Å². The summed E-state index contributed by atoms with van der Waals surface area (Å²) in [5, 5.41) is 14.9. The number of rotatable bonds is 6.